The molecule has 2 aromatic carbocycles. The van der Waals surface area contributed by atoms with Crippen LogP contribution in [0.25, 0.3) is 11.8 Å². The van der Waals surface area contributed by atoms with Gasteiger partial charge in [-0.3, -0.25) is 4.79 Å². The lowest BCUT2D eigenvalue weighted by atomic mass is 10.1. The van der Waals surface area contributed by atoms with Gasteiger partial charge in [-0.05, 0) is 48.0 Å². The minimum atomic E-state index is -4.48. The largest absolute Gasteiger partial charge is 0.454 e. The summed E-state index contributed by atoms with van der Waals surface area (Å²) in [5.74, 6) is 0.925. The number of ketones is 1. The van der Waals surface area contributed by atoms with Gasteiger partial charge >= 0.3 is 6.18 Å². The van der Waals surface area contributed by atoms with Crippen molar-refractivity contribution in [2.45, 2.75) is 6.18 Å². The molecular formula is C20H13F3N2O3. The molecule has 1 aliphatic rings. The Hall–Kier alpha value is -3.55. The summed E-state index contributed by atoms with van der Waals surface area (Å²) >= 11 is 0. The van der Waals surface area contributed by atoms with Gasteiger partial charge in [0.2, 0.25) is 6.79 Å². The quantitative estimate of drug-likeness (QED) is 0.489. The first kappa shape index (κ1) is 17.8. The number of benzene rings is 2. The van der Waals surface area contributed by atoms with Gasteiger partial charge in [-0.15, -0.1) is 0 Å². The van der Waals surface area contributed by atoms with Gasteiger partial charge in [0.1, 0.15) is 0 Å². The van der Waals surface area contributed by atoms with E-state index in [4.69, 9.17) is 9.47 Å². The number of halogens is 3. The Bertz CT molecular complexity index is 1050. The molecule has 0 aliphatic carbocycles. The maximum atomic E-state index is 12.6. The third-order valence-electron chi connectivity index (χ3n) is 4.12. The van der Waals surface area contributed by atoms with E-state index in [-0.39, 0.29) is 12.6 Å². The van der Waals surface area contributed by atoms with Gasteiger partial charge in [0, 0.05) is 11.8 Å². The average Bonchev–Trinajstić information content (AvgIpc) is 3.35. The van der Waals surface area contributed by atoms with E-state index in [1.807, 2.05) is 0 Å². The molecule has 0 radical (unpaired) electrons. The number of rotatable bonds is 4. The molecule has 0 saturated heterocycles. The van der Waals surface area contributed by atoms with Crippen molar-refractivity contribution >= 4 is 11.9 Å². The SMILES string of the molecule is O=C(/C=C/c1ccc(-n2ccc(C(F)(F)F)n2)cc1)c1ccc2c(c1)OCO2. The molecule has 0 unspecified atom stereocenters. The van der Waals surface area contributed by atoms with Gasteiger partial charge in [0.05, 0.1) is 5.69 Å². The number of carbonyl (C=O) groups excluding carboxylic acids is 1. The van der Waals surface area contributed by atoms with Gasteiger partial charge in [0.15, 0.2) is 23.0 Å². The second-order valence-corrected chi connectivity index (χ2v) is 6.00. The highest BCUT2D eigenvalue weighted by atomic mass is 19.4. The molecule has 0 fully saturated rings. The molecule has 142 valence electrons. The van der Waals surface area contributed by atoms with Crippen LogP contribution in [0, 0.1) is 0 Å². The monoisotopic (exact) mass is 386 g/mol. The number of nitrogens with zero attached hydrogens (tertiary/aromatic N) is 2. The molecule has 0 bridgehead atoms. The highest BCUT2D eigenvalue weighted by Crippen LogP contribution is 2.32. The zero-order valence-corrected chi connectivity index (χ0v) is 14.3. The molecular weight excluding hydrogens is 373 g/mol. The van der Waals surface area contributed by atoms with Crippen LogP contribution in [-0.4, -0.2) is 22.4 Å². The van der Waals surface area contributed by atoms with Crippen LogP contribution in [0.4, 0.5) is 13.2 Å². The van der Waals surface area contributed by atoms with Gasteiger partial charge in [-0.2, -0.15) is 18.3 Å². The van der Waals surface area contributed by atoms with E-state index in [1.54, 1.807) is 48.5 Å². The van der Waals surface area contributed by atoms with Crippen LogP contribution >= 0.6 is 0 Å². The minimum absolute atomic E-state index is 0.135. The molecule has 1 aliphatic heterocycles. The van der Waals surface area contributed by atoms with E-state index in [0.29, 0.717) is 22.7 Å². The first-order chi connectivity index (χ1) is 13.4. The highest BCUT2D eigenvalue weighted by molar-refractivity contribution is 6.07. The number of hydrogen-bond donors (Lipinski definition) is 0. The number of allylic oxidation sites excluding steroid dienone is 1. The third-order valence-corrected chi connectivity index (χ3v) is 4.12. The average molecular weight is 386 g/mol. The van der Waals surface area contributed by atoms with Gasteiger partial charge in [0.25, 0.3) is 0 Å². The molecule has 8 heteroatoms. The van der Waals surface area contributed by atoms with Crippen molar-refractivity contribution < 1.29 is 27.4 Å². The Labute approximate surface area is 157 Å². The Morgan fingerprint density at radius 1 is 1.04 bits per heavy atom. The normalized spacial score (nSPS) is 13.2. The second kappa shape index (κ2) is 6.88. The Kier molecular flexibility index (Phi) is 4.38. The smallest absolute Gasteiger partial charge is 0.435 e. The number of fused-ring (bicyclic) bond motifs is 1. The topological polar surface area (TPSA) is 53.4 Å². The first-order valence-corrected chi connectivity index (χ1v) is 8.25. The Morgan fingerprint density at radius 3 is 2.50 bits per heavy atom. The predicted octanol–water partition coefficient (Wildman–Crippen LogP) is 4.52. The lowest BCUT2D eigenvalue weighted by molar-refractivity contribution is -0.141. The standard InChI is InChI=1S/C20H13F3N2O3/c21-20(22,23)19-9-10-25(24-19)15-5-1-13(2-6-15)3-7-16(26)14-4-8-17-18(11-14)28-12-27-17/h1-11H,12H2/b7-3+. The van der Waals surface area contributed by atoms with Crippen molar-refractivity contribution in [3.63, 3.8) is 0 Å². The van der Waals surface area contributed by atoms with Crippen molar-refractivity contribution in [2.75, 3.05) is 6.79 Å². The van der Waals surface area contributed by atoms with Crippen molar-refractivity contribution in [2.24, 2.45) is 0 Å². The van der Waals surface area contributed by atoms with Crippen molar-refractivity contribution in [1.29, 1.82) is 0 Å². The molecule has 2 heterocycles. The molecule has 0 N–H and O–H groups in total. The summed E-state index contributed by atoms with van der Waals surface area (Å²) in [6.45, 7) is 0.135. The maximum absolute atomic E-state index is 12.6. The molecule has 4 rings (SSSR count). The van der Waals surface area contributed by atoms with Crippen LogP contribution in [0.5, 0.6) is 11.5 Å². The Morgan fingerprint density at radius 2 is 1.79 bits per heavy atom. The predicted molar refractivity (Wildman–Crippen MR) is 94.5 cm³/mol. The third kappa shape index (κ3) is 3.62. The van der Waals surface area contributed by atoms with E-state index < -0.39 is 11.9 Å². The van der Waals surface area contributed by atoms with Crippen LogP contribution in [0.1, 0.15) is 21.6 Å². The molecule has 0 saturated carbocycles. The van der Waals surface area contributed by atoms with Crippen LogP contribution in [0.2, 0.25) is 0 Å². The Balaban J connectivity index is 1.47. The number of aromatic nitrogens is 2. The zero-order chi connectivity index (χ0) is 19.7. The fraction of sp³-hybridized carbons (Fsp3) is 0.100. The van der Waals surface area contributed by atoms with E-state index in [9.17, 15) is 18.0 Å². The van der Waals surface area contributed by atoms with Gasteiger partial charge in [-0.1, -0.05) is 18.2 Å². The van der Waals surface area contributed by atoms with Crippen LogP contribution < -0.4 is 9.47 Å². The second-order valence-electron chi connectivity index (χ2n) is 6.00. The number of carbonyl (C=O) groups is 1. The molecule has 0 atom stereocenters. The van der Waals surface area contributed by atoms with E-state index in [0.717, 1.165) is 16.3 Å². The van der Waals surface area contributed by atoms with Crippen molar-refractivity contribution in [1.82, 2.24) is 9.78 Å². The summed E-state index contributed by atoms with van der Waals surface area (Å²) in [5.41, 5.74) is 0.718. The van der Waals surface area contributed by atoms with Crippen molar-refractivity contribution in [3.8, 4) is 17.2 Å². The first-order valence-electron chi connectivity index (χ1n) is 8.25. The van der Waals surface area contributed by atoms with E-state index >= 15 is 0 Å². The zero-order valence-electron chi connectivity index (χ0n) is 14.3. The lowest BCUT2D eigenvalue weighted by Gasteiger charge is -2.03. The summed E-state index contributed by atoms with van der Waals surface area (Å²) in [4.78, 5) is 12.3. The number of alkyl halides is 3. The number of hydrogen-bond acceptors (Lipinski definition) is 4. The molecule has 5 nitrogen and oxygen atoms in total. The fourth-order valence-corrected chi connectivity index (χ4v) is 2.68. The highest BCUT2D eigenvalue weighted by Gasteiger charge is 2.33. The summed E-state index contributed by atoms with van der Waals surface area (Å²) in [5, 5.41) is 3.52. The summed E-state index contributed by atoms with van der Waals surface area (Å²) in [6.07, 6.45) is -0.191. The van der Waals surface area contributed by atoms with Crippen molar-refractivity contribution in [3.05, 3.63) is 77.6 Å². The number of ether oxygens (including phenoxy) is 2. The molecule has 0 spiro atoms. The maximum Gasteiger partial charge on any atom is 0.435 e. The van der Waals surface area contributed by atoms with Crippen LogP contribution in [-0.2, 0) is 6.18 Å². The lowest BCUT2D eigenvalue weighted by Crippen LogP contribution is -2.07. The summed E-state index contributed by atoms with van der Waals surface area (Å²) in [6, 6.07) is 12.5. The van der Waals surface area contributed by atoms with Gasteiger partial charge < -0.3 is 9.47 Å². The fourth-order valence-electron chi connectivity index (χ4n) is 2.68. The molecule has 28 heavy (non-hydrogen) atoms. The minimum Gasteiger partial charge on any atom is -0.454 e. The van der Waals surface area contributed by atoms with Crippen LogP contribution in [0.3, 0.4) is 0 Å². The van der Waals surface area contributed by atoms with E-state index in [2.05, 4.69) is 5.10 Å². The van der Waals surface area contributed by atoms with E-state index in [1.165, 1.54) is 12.3 Å². The van der Waals surface area contributed by atoms with Gasteiger partial charge in [-0.25, -0.2) is 4.68 Å². The molecule has 3 aromatic rings. The van der Waals surface area contributed by atoms with Crippen LogP contribution in [0.15, 0.2) is 60.8 Å². The molecule has 1 aromatic heterocycles. The molecule has 0 amide bonds. The summed E-state index contributed by atoms with van der Waals surface area (Å²) in [7, 11) is 0. The summed E-state index contributed by atoms with van der Waals surface area (Å²) < 4.78 is 49.5.